The number of nitrogens with zero attached hydrogens (tertiary/aromatic N) is 1. The van der Waals surface area contributed by atoms with Gasteiger partial charge in [-0.05, 0) is 23.8 Å². The van der Waals surface area contributed by atoms with Crippen LogP contribution in [0.1, 0.15) is 27.9 Å². The van der Waals surface area contributed by atoms with E-state index in [1.165, 1.54) is 0 Å². The Labute approximate surface area is 127 Å². The Balaban J connectivity index is 2.13. The molecule has 0 aromatic heterocycles. The smallest absolute Gasteiger partial charge is 0.368 e. The minimum atomic E-state index is -4.70. The maximum absolute atomic E-state index is 13.9. The number of amides is 2. The lowest BCUT2D eigenvalue weighted by atomic mass is 9.84. The molecule has 0 bridgehead atoms. The molecular formula is C14H11F5N2O2. The van der Waals surface area contributed by atoms with Crippen LogP contribution in [0.4, 0.5) is 22.0 Å². The fraction of sp³-hybridized carbons (Fsp3) is 0.429. The molecule has 124 valence electrons. The molecule has 1 fully saturated rings. The molecular weight excluding hydrogens is 323 g/mol. The van der Waals surface area contributed by atoms with Crippen molar-refractivity contribution in [1.29, 1.82) is 0 Å². The normalized spacial score (nSPS) is 25.4. The third kappa shape index (κ3) is 2.25. The molecule has 3 rings (SSSR count). The zero-order valence-electron chi connectivity index (χ0n) is 11.6. The summed E-state index contributed by atoms with van der Waals surface area (Å²) in [4.78, 5) is 24.1. The van der Waals surface area contributed by atoms with Crippen LogP contribution in [-0.2, 0) is 16.4 Å². The molecule has 0 radical (unpaired) electrons. The van der Waals surface area contributed by atoms with Crippen molar-refractivity contribution < 1.29 is 31.5 Å². The summed E-state index contributed by atoms with van der Waals surface area (Å²) in [5.41, 5.74) is 1.46. The van der Waals surface area contributed by atoms with E-state index < -0.39 is 54.4 Å². The van der Waals surface area contributed by atoms with Crippen molar-refractivity contribution >= 4 is 11.8 Å². The monoisotopic (exact) mass is 334 g/mol. The summed E-state index contributed by atoms with van der Waals surface area (Å²) in [5.74, 6) is -4.89. The summed E-state index contributed by atoms with van der Waals surface area (Å²) in [5, 5.41) is 0. The first kappa shape index (κ1) is 15.7. The van der Waals surface area contributed by atoms with Crippen molar-refractivity contribution in [3.05, 3.63) is 34.9 Å². The average Bonchev–Trinajstić information content (AvgIpc) is 2.96. The lowest BCUT2D eigenvalue weighted by molar-refractivity contribution is -0.137. The summed E-state index contributed by atoms with van der Waals surface area (Å²) in [6.45, 7) is -1.09. The molecule has 2 N–H and O–H groups in total. The Kier molecular flexibility index (Phi) is 3.02. The molecule has 1 aliphatic carbocycles. The third-order valence-corrected chi connectivity index (χ3v) is 4.29. The molecule has 4 nitrogen and oxygen atoms in total. The highest BCUT2D eigenvalue weighted by Crippen LogP contribution is 2.64. The van der Waals surface area contributed by atoms with Gasteiger partial charge >= 0.3 is 6.18 Å². The molecule has 1 unspecified atom stereocenters. The van der Waals surface area contributed by atoms with Crippen LogP contribution in [0.15, 0.2) is 18.2 Å². The van der Waals surface area contributed by atoms with Gasteiger partial charge in [-0.3, -0.25) is 9.59 Å². The van der Waals surface area contributed by atoms with Crippen LogP contribution in [0.2, 0.25) is 0 Å². The van der Waals surface area contributed by atoms with E-state index >= 15 is 0 Å². The second kappa shape index (κ2) is 4.42. The van der Waals surface area contributed by atoms with Gasteiger partial charge in [0.2, 0.25) is 5.91 Å². The number of hydrogen-bond donors (Lipinski definition) is 1. The van der Waals surface area contributed by atoms with Crippen LogP contribution in [0.3, 0.4) is 0 Å². The number of rotatable bonds is 2. The van der Waals surface area contributed by atoms with Crippen LogP contribution in [0.5, 0.6) is 0 Å². The number of primary amides is 1. The van der Waals surface area contributed by atoms with Gasteiger partial charge in [0.05, 0.1) is 17.5 Å². The van der Waals surface area contributed by atoms with Gasteiger partial charge in [-0.2, -0.15) is 13.2 Å². The molecule has 1 atom stereocenters. The van der Waals surface area contributed by atoms with E-state index in [9.17, 15) is 31.5 Å². The largest absolute Gasteiger partial charge is 0.416 e. The van der Waals surface area contributed by atoms with Crippen LogP contribution in [0.25, 0.3) is 0 Å². The first-order valence-corrected chi connectivity index (χ1v) is 6.65. The zero-order valence-corrected chi connectivity index (χ0v) is 11.6. The zero-order chi connectivity index (χ0) is 17.2. The second-order valence-corrected chi connectivity index (χ2v) is 5.85. The van der Waals surface area contributed by atoms with Gasteiger partial charge in [-0.1, -0.05) is 0 Å². The number of benzene rings is 1. The number of alkyl halides is 5. The quantitative estimate of drug-likeness (QED) is 0.840. The van der Waals surface area contributed by atoms with E-state index in [4.69, 9.17) is 5.73 Å². The molecule has 2 amide bonds. The predicted octanol–water partition coefficient (Wildman–Crippen LogP) is 1.92. The van der Waals surface area contributed by atoms with Gasteiger partial charge in [0.25, 0.3) is 11.8 Å². The maximum Gasteiger partial charge on any atom is 0.416 e. The molecule has 1 aromatic rings. The SMILES string of the molecule is NC(=O)CN1CC2(CC2(F)F)c2cc(C(F)(F)F)ccc2C1=O. The first-order valence-electron chi connectivity index (χ1n) is 6.65. The summed E-state index contributed by atoms with van der Waals surface area (Å²) >= 11 is 0. The second-order valence-electron chi connectivity index (χ2n) is 5.85. The van der Waals surface area contributed by atoms with Crippen molar-refractivity contribution in [3.8, 4) is 0 Å². The van der Waals surface area contributed by atoms with Gasteiger partial charge in [0.1, 0.15) is 0 Å². The van der Waals surface area contributed by atoms with E-state index in [2.05, 4.69) is 0 Å². The molecule has 1 spiro atoms. The van der Waals surface area contributed by atoms with Crippen LogP contribution < -0.4 is 5.73 Å². The minimum Gasteiger partial charge on any atom is -0.368 e. The summed E-state index contributed by atoms with van der Waals surface area (Å²) in [7, 11) is 0. The van der Waals surface area contributed by atoms with Crippen molar-refractivity contribution in [3.63, 3.8) is 0 Å². The Morgan fingerprint density at radius 1 is 1.30 bits per heavy atom. The number of carbonyl (C=O) groups excluding carboxylic acids is 2. The number of fused-ring (bicyclic) bond motifs is 2. The van der Waals surface area contributed by atoms with Crippen molar-refractivity contribution in [2.75, 3.05) is 13.1 Å². The Morgan fingerprint density at radius 2 is 1.91 bits per heavy atom. The van der Waals surface area contributed by atoms with Crippen LogP contribution in [0, 0.1) is 0 Å². The maximum atomic E-state index is 13.9. The Bertz CT molecular complexity index is 716. The fourth-order valence-corrected chi connectivity index (χ4v) is 3.07. The van der Waals surface area contributed by atoms with E-state index in [1.54, 1.807) is 0 Å². The number of halogens is 5. The number of carbonyl (C=O) groups is 2. The Morgan fingerprint density at radius 3 is 2.39 bits per heavy atom. The lowest BCUT2D eigenvalue weighted by Crippen LogP contribution is -2.48. The predicted molar refractivity (Wildman–Crippen MR) is 67.8 cm³/mol. The highest BCUT2D eigenvalue weighted by atomic mass is 19.4. The van der Waals surface area contributed by atoms with E-state index in [0.29, 0.717) is 12.1 Å². The molecule has 1 aromatic carbocycles. The topological polar surface area (TPSA) is 63.4 Å². The number of hydrogen-bond acceptors (Lipinski definition) is 2. The molecule has 1 saturated carbocycles. The lowest BCUT2D eigenvalue weighted by Gasteiger charge is -2.34. The molecule has 1 heterocycles. The van der Waals surface area contributed by atoms with E-state index in [-0.39, 0.29) is 11.1 Å². The van der Waals surface area contributed by atoms with Crippen molar-refractivity contribution in [2.24, 2.45) is 5.73 Å². The summed E-state index contributed by atoms with van der Waals surface area (Å²) < 4.78 is 66.2. The molecule has 9 heteroatoms. The molecule has 23 heavy (non-hydrogen) atoms. The van der Waals surface area contributed by atoms with E-state index in [0.717, 1.165) is 11.0 Å². The van der Waals surface area contributed by atoms with Crippen molar-refractivity contribution in [1.82, 2.24) is 4.90 Å². The fourth-order valence-electron chi connectivity index (χ4n) is 3.07. The van der Waals surface area contributed by atoms with Crippen LogP contribution >= 0.6 is 0 Å². The standard InChI is InChI=1S/C14H11F5N2O2/c15-13(16)5-12(13)6-21(4-10(20)22)11(23)8-2-1-7(3-9(8)12)14(17,18)19/h1-3H,4-6H2,(H2,20,22). The van der Waals surface area contributed by atoms with Gasteiger partial charge in [0.15, 0.2) is 0 Å². The van der Waals surface area contributed by atoms with Crippen LogP contribution in [-0.4, -0.2) is 35.7 Å². The third-order valence-electron chi connectivity index (χ3n) is 4.29. The highest BCUT2D eigenvalue weighted by Gasteiger charge is 2.74. The van der Waals surface area contributed by atoms with Gasteiger partial charge < -0.3 is 10.6 Å². The van der Waals surface area contributed by atoms with Crippen molar-refractivity contribution in [2.45, 2.75) is 23.9 Å². The molecule has 0 saturated heterocycles. The summed E-state index contributed by atoms with van der Waals surface area (Å²) in [6.07, 6.45) is -5.37. The van der Waals surface area contributed by atoms with Gasteiger partial charge in [-0.25, -0.2) is 8.78 Å². The molecule has 2 aliphatic rings. The molecule has 1 aliphatic heterocycles. The summed E-state index contributed by atoms with van der Waals surface area (Å²) in [6, 6.07) is 2.15. The minimum absolute atomic E-state index is 0.248. The van der Waals surface area contributed by atoms with Gasteiger partial charge in [-0.15, -0.1) is 0 Å². The van der Waals surface area contributed by atoms with Gasteiger partial charge in [0, 0.05) is 18.5 Å². The first-order chi connectivity index (χ1) is 10.5. The van der Waals surface area contributed by atoms with E-state index in [1.807, 2.05) is 0 Å². The Hall–Kier alpha value is -2.19. The number of nitrogens with two attached hydrogens (primary N) is 1. The average molecular weight is 334 g/mol. The highest BCUT2D eigenvalue weighted by molar-refractivity contribution is 6.00.